The fourth-order valence-corrected chi connectivity index (χ4v) is 2.39. The molecule has 6 nitrogen and oxygen atoms in total. The highest BCUT2D eigenvalue weighted by atomic mass is 16.6. The Kier molecular flexibility index (Phi) is 8.23. The van der Waals surface area contributed by atoms with Gasteiger partial charge in [0.05, 0.1) is 18.2 Å². The minimum absolute atomic E-state index is 0.0627. The number of rotatable bonds is 8. The Labute approximate surface area is 149 Å². The fraction of sp³-hybridized carbons (Fsp3) is 0.579. The van der Waals surface area contributed by atoms with Gasteiger partial charge in [0.2, 0.25) is 0 Å². The summed E-state index contributed by atoms with van der Waals surface area (Å²) in [5, 5.41) is 21.1. The lowest BCUT2D eigenvalue weighted by atomic mass is 9.98. The summed E-state index contributed by atoms with van der Waals surface area (Å²) in [5.74, 6) is 0.597. The molecule has 0 aliphatic rings. The van der Waals surface area contributed by atoms with Gasteiger partial charge in [-0.15, -0.1) is 0 Å². The molecule has 0 saturated heterocycles. The van der Waals surface area contributed by atoms with Crippen molar-refractivity contribution in [2.75, 3.05) is 13.2 Å². The van der Waals surface area contributed by atoms with E-state index in [1.54, 1.807) is 18.2 Å². The molecule has 1 amide bonds. The van der Waals surface area contributed by atoms with Crippen molar-refractivity contribution in [2.45, 2.75) is 58.6 Å². The van der Waals surface area contributed by atoms with E-state index in [1.807, 2.05) is 27.7 Å². The van der Waals surface area contributed by atoms with Crippen LogP contribution in [0.4, 0.5) is 4.79 Å². The molecule has 0 unspecified atom stereocenters. The smallest absolute Gasteiger partial charge is 0.407 e. The topological polar surface area (TPSA) is 91.6 Å². The van der Waals surface area contributed by atoms with Crippen LogP contribution < -0.4 is 10.1 Å². The molecule has 1 aromatic rings. The Hall–Kier alpha value is -2.26. The molecule has 0 aromatic heterocycles. The molecular weight excluding hydrogens is 320 g/mol. The Bertz CT molecular complexity index is 602. The normalized spacial score (nSPS) is 12.2. The Morgan fingerprint density at radius 2 is 2.12 bits per heavy atom. The zero-order valence-corrected chi connectivity index (χ0v) is 15.5. The van der Waals surface area contributed by atoms with Crippen LogP contribution in [0.1, 0.15) is 51.7 Å². The third-order valence-corrected chi connectivity index (χ3v) is 3.56. The fourth-order valence-electron chi connectivity index (χ4n) is 2.39. The molecule has 0 radical (unpaired) electrons. The summed E-state index contributed by atoms with van der Waals surface area (Å²) in [6, 6.07) is 7.39. The number of nitriles is 1. The minimum atomic E-state index is -0.541. The lowest BCUT2D eigenvalue weighted by Crippen LogP contribution is -2.39. The first kappa shape index (κ1) is 20.8. The molecule has 0 fully saturated rings. The molecule has 0 spiro atoms. The second-order valence-corrected chi connectivity index (χ2v) is 6.76. The van der Waals surface area contributed by atoms with Crippen molar-refractivity contribution in [3.63, 3.8) is 0 Å². The van der Waals surface area contributed by atoms with Crippen LogP contribution >= 0.6 is 0 Å². The second-order valence-electron chi connectivity index (χ2n) is 6.76. The average Bonchev–Trinajstić information content (AvgIpc) is 2.55. The van der Waals surface area contributed by atoms with Crippen molar-refractivity contribution < 1.29 is 19.4 Å². The molecule has 1 aromatic carbocycles. The zero-order valence-electron chi connectivity index (χ0n) is 15.5. The maximum Gasteiger partial charge on any atom is 0.407 e. The largest absolute Gasteiger partial charge is 0.491 e. The number of carbonyl (C=O) groups excluding carboxylic acids is 1. The van der Waals surface area contributed by atoms with E-state index in [4.69, 9.17) is 14.6 Å². The van der Waals surface area contributed by atoms with Crippen LogP contribution in [0.5, 0.6) is 5.75 Å². The lowest BCUT2D eigenvalue weighted by Gasteiger charge is -2.23. The molecule has 0 heterocycles. The predicted octanol–water partition coefficient (Wildman–Crippen LogP) is 3.17. The Morgan fingerprint density at radius 1 is 1.40 bits per heavy atom. The van der Waals surface area contributed by atoms with Gasteiger partial charge in [0, 0.05) is 11.6 Å². The van der Waals surface area contributed by atoms with Crippen molar-refractivity contribution in [3.05, 3.63) is 29.3 Å². The van der Waals surface area contributed by atoms with Gasteiger partial charge < -0.3 is 19.9 Å². The Balaban J connectivity index is 2.77. The van der Waals surface area contributed by atoms with Crippen LogP contribution in [-0.4, -0.2) is 36.1 Å². The number of benzene rings is 1. The summed E-state index contributed by atoms with van der Waals surface area (Å²) < 4.78 is 10.8. The Morgan fingerprint density at radius 3 is 2.68 bits per heavy atom. The van der Waals surface area contributed by atoms with E-state index < -0.39 is 11.7 Å². The van der Waals surface area contributed by atoms with Crippen LogP contribution in [-0.2, 0) is 11.2 Å². The summed E-state index contributed by atoms with van der Waals surface area (Å²) in [7, 11) is 0. The van der Waals surface area contributed by atoms with Crippen molar-refractivity contribution in [3.8, 4) is 11.8 Å². The van der Waals surface area contributed by atoms with Gasteiger partial charge in [-0.1, -0.05) is 13.0 Å². The maximum absolute atomic E-state index is 11.9. The highest BCUT2D eigenvalue weighted by Crippen LogP contribution is 2.24. The summed E-state index contributed by atoms with van der Waals surface area (Å²) in [4.78, 5) is 11.9. The molecule has 1 atom stereocenters. The molecule has 2 N–H and O–H groups in total. The minimum Gasteiger partial charge on any atom is -0.491 e. The molecule has 0 aliphatic heterocycles. The molecule has 6 heteroatoms. The monoisotopic (exact) mass is 348 g/mol. The number of nitrogens with one attached hydrogen (secondary N) is 1. The maximum atomic E-state index is 11.9. The van der Waals surface area contributed by atoms with E-state index in [9.17, 15) is 10.1 Å². The van der Waals surface area contributed by atoms with Crippen molar-refractivity contribution in [1.82, 2.24) is 5.32 Å². The van der Waals surface area contributed by atoms with Gasteiger partial charge in [0.25, 0.3) is 0 Å². The second kappa shape index (κ2) is 9.90. The number of hydrogen-bond acceptors (Lipinski definition) is 5. The van der Waals surface area contributed by atoms with E-state index in [0.717, 1.165) is 12.0 Å². The lowest BCUT2D eigenvalue weighted by molar-refractivity contribution is 0.0500. The number of aliphatic hydroxyl groups is 1. The van der Waals surface area contributed by atoms with Crippen LogP contribution in [0.3, 0.4) is 0 Å². The molecular formula is C19H28N2O4. The van der Waals surface area contributed by atoms with E-state index in [0.29, 0.717) is 24.2 Å². The van der Waals surface area contributed by atoms with Gasteiger partial charge in [-0.2, -0.15) is 5.26 Å². The van der Waals surface area contributed by atoms with E-state index in [2.05, 4.69) is 11.4 Å². The van der Waals surface area contributed by atoms with Gasteiger partial charge in [-0.25, -0.2) is 4.79 Å². The van der Waals surface area contributed by atoms with Crippen LogP contribution in [0.2, 0.25) is 0 Å². The van der Waals surface area contributed by atoms with Crippen molar-refractivity contribution in [2.24, 2.45) is 0 Å². The summed E-state index contributed by atoms with van der Waals surface area (Å²) >= 11 is 0. The van der Waals surface area contributed by atoms with Gasteiger partial charge in [-0.3, -0.25) is 0 Å². The van der Waals surface area contributed by atoms with E-state index in [-0.39, 0.29) is 19.3 Å². The third kappa shape index (κ3) is 7.44. The SMILES string of the molecule is CC[C@H](CCc1c(C#N)cccc1OCCO)NC(=O)OC(C)(C)C. The third-order valence-electron chi connectivity index (χ3n) is 3.56. The highest BCUT2D eigenvalue weighted by molar-refractivity contribution is 5.68. The number of amides is 1. The van der Waals surface area contributed by atoms with E-state index >= 15 is 0 Å². The first-order chi connectivity index (χ1) is 11.8. The van der Waals surface area contributed by atoms with Crippen LogP contribution in [0.15, 0.2) is 18.2 Å². The number of hydrogen-bond donors (Lipinski definition) is 2. The summed E-state index contributed by atoms with van der Waals surface area (Å²) in [5.41, 5.74) is 0.798. The first-order valence-corrected chi connectivity index (χ1v) is 8.55. The van der Waals surface area contributed by atoms with Gasteiger partial charge in [-0.05, 0) is 52.2 Å². The molecule has 25 heavy (non-hydrogen) atoms. The van der Waals surface area contributed by atoms with Crippen molar-refractivity contribution >= 4 is 6.09 Å². The molecule has 0 aliphatic carbocycles. The van der Waals surface area contributed by atoms with Gasteiger partial charge >= 0.3 is 6.09 Å². The van der Waals surface area contributed by atoms with Crippen LogP contribution in [0, 0.1) is 11.3 Å². The van der Waals surface area contributed by atoms with Crippen LogP contribution in [0.25, 0.3) is 0 Å². The standard InChI is InChI=1S/C19H28N2O4/c1-5-15(21-18(23)25-19(2,3)4)9-10-16-14(13-20)7-6-8-17(16)24-12-11-22/h6-8,15,22H,5,9-12H2,1-4H3,(H,21,23)/t15-/m1/s1. The summed E-state index contributed by atoms with van der Waals surface area (Å²) in [6.07, 6.45) is 1.55. The van der Waals surface area contributed by atoms with E-state index in [1.165, 1.54) is 0 Å². The number of nitrogens with zero attached hydrogens (tertiary/aromatic N) is 1. The van der Waals surface area contributed by atoms with Gasteiger partial charge in [0.1, 0.15) is 18.0 Å². The molecule has 0 saturated carbocycles. The first-order valence-electron chi connectivity index (χ1n) is 8.55. The zero-order chi connectivity index (χ0) is 18.9. The molecule has 138 valence electrons. The predicted molar refractivity (Wildman–Crippen MR) is 95.5 cm³/mol. The molecule has 1 rings (SSSR count). The number of alkyl carbamates (subject to hydrolysis) is 1. The number of aliphatic hydroxyl groups excluding tert-OH is 1. The number of ether oxygens (including phenoxy) is 2. The summed E-state index contributed by atoms with van der Waals surface area (Å²) in [6.45, 7) is 7.54. The highest BCUT2D eigenvalue weighted by Gasteiger charge is 2.19. The molecule has 0 bridgehead atoms. The van der Waals surface area contributed by atoms with Gasteiger partial charge in [0.15, 0.2) is 0 Å². The van der Waals surface area contributed by atoms with Crippen molar-refractivity contribution in [1.29, 1.82) is 5.26 Å². The quantitative estimate of drug-likeness (QED) is 0.753. The average molecular weight is 348 g/mol. The number of carbonyl (C=O) groups is 1.